The smallest absolute Gasteiger partial charge is 0.322 e. The number of nitrogens with one attached hydrogen (secondary N) is 1. The summed E-state index contributed by atoms with van der Waals surface area (Å²) in [4.78, 5) is 27.0. The quantitative estimate of drug-likeness (QED) is 0.480. The summed E-state index contributed by atoms with van der Waals surface area (Å²) in [5.74, 6) is -0.0342. The molecule has 174 valence electrons. The van der Waals surface area contributed by atoms with Crippen molar-refractivity contribution in [2.45, 2.75) is 30.8 Å². The van der Waals surface area contributed by atoms with Gasteiger partial charge in [0.15, 0.2) is 0 Å². The van der Waals surface area contributed by atoms with Crippen molar-refractivity contribution < 1.29 is 22.8 Å². The predicted octanol–water partition coefficient (Wildman–Crippen LogP) is 6.23. The topological polar surface area (TPSA) is 49.4 Å². The number of halogens is 3. The van der Waals surface area contributed by atoms with Crippen LogP contribution < -0.4 is 10.2 Å². The second-order valence-corrected chi connectivity index (χ2v) is 9.45. The molecule has 1 heterocycles. The first-order chi connectivity index (χ1) is 16.3. The molecule has 5 rings (SSSR count). The van der Waals surface area contributed by atoms with Gasteiger partial charge in [-0.15, -0.1) is 11.8 Å². The minimum Gasteiger partial charge on any atom is -0.322 e. The number of carbonyl (C=O) groups excluding carboxylic acids is 2. The average molecular weight is 483 g/mol. The van der Waals surface area contributed by atoms with Crippen molar-refractivity contribution in [2.75, 3.05) is 16.0 Å². The Labute approximate surface area is 199 Å². The standard InChI is InChI=1S/C26H21F3N2O2S/c27-26(28,29)20-9-4-17(5-10-20)24(33)30-21-11-6-18(7-12-21)25-31(23(32)15-34-25)22-13-8-16-2-1-3-19(16)14-22/h4-14,25H,1-3,15H2,(H,30,33)/t25-/m1/s1. The van der Waals surface area contributed by atoms with Crippen LogP contribution in [0.1, 0.15) is 44.4 Å². The number of hydrogen-bond acceptors (Lipinski definition) is 3. The van der Waals surface area contributed by atoms with Gasteiger partial charge in [0.05, 0.1) is 11.3 Å². The fourth-order valence-electron chi connectivity index (χ4n) is 4.40. The molecule has 2 amide bonds. The number of anilines is 2. The lowest BCUT2D eigenvalue weighted by atomic mass is 10.1. The zero-order valence-corrected chi connectivity index (χ0v) is 18.9. The Balaban J connectivity index is 1.30. The molecule has 1 N–H and O–H groups in total. The number of carbonyl (C=O) groups is 2. The summed E-state index contributed by atoms with van der Waals surface area (Å²) < 4.78 is 38.2. The van der Waals surface area contributed by atoms with E-state index in [9.17, 15) is 22.8 Å². The van der Waals surface area contributed by atoms with Crippen LogP contribution in [0.2, 0.25) is 0 Å². The summed E-state index contributed by atoms with van der Waals surface area (Å²) in [6, 6.07) is 17.5. The molecule has 3 aromatic rings. The van der Waals surface area contributed by atoms with Gasteiger partial charge in [0.1, 0.15) is 5.37 Å². The molecular weight excluding hydrogens is 461 g/mol. The van der Waals surface area contributed by atoms with Crippen LogP contribution in [0.5, 0.6) is 0 Å². The minimum atomic E-state index is -4.45. The first-order valence-corrected chi connectivity index (χ1v) is 12.0. The first-order valence-electron chi connectivity index (χ1n) is 10.9. The summed E-state index contributed by atoms with van der Waals surface area (Å²) in [5, 5.41) is 2.55. The Kier molecular flexibility index (Phi) is 5.85. The number of alkyl halides is 3. The lowest BCUT2D eigenvalue weighted by Gasteiger charge is -2.25. The van der Waals surface area contributed by atoms with E-state index < -0.39 is 17.6 Å². The molecule has 0 spiro atoms. The van der Waals surface area contributed by atoms with Crippen LogP contribution in [0.4, 0.5) is 24.5 Å². The number of benzene rings is 3. The molecule has 1 fully saturated rings. The summed E-state index contributed by atoms with van der Waals surface area (Å²) in [6.45, 7) is 0. The van der Waals surface area contributed by atoms with Gasteiger partial charge in [0.2, 0.25) is 5.91 Å². The predicted molar refractivity (Wildman–Crippen MR) is 127 cm³/mol. The van der Waals surface area contributed by atoms with E-state index in [1.807, 2.05) is 23.1 Å². The molecule has 2 aliphatic rings. The lowest BCUT2D eigenvalue weighted by Crippen LogP contribution is -2.27. The van der Waals surface area contributed by atoms with Gasteiger partial charge in [0.25, 0.3) is 5.91 Å². The number of amides is 2. The van der Waals surface area contributed by atoms with E-state index in [2.05, 4.69) is 17.4 Å². The maximum Gasteiger partial charge on any atom is 0.416 e. The number of aryl methyl sites for hydroxylation is 2. The summed E-state index contributed by atoms with van der Waals surface area (Å²) in [7, 11) is 0. The molecule has 4 nitrogen and oxygen atoms in total. The third kappa shape index (κ3) is 4.42. The van der Waals surface area contributed by atoms with Gasteiger partial charge in [-0.3, -0.25) is 14.5 Å². The van der Waals surface area contributed by atoms with Crippen LogP contribution in [0.25, 0.3) is 0 Å². The highest BCUT2D eigenvalue weighted by Crippen LogP contribution is 2.43. The van der Waals surface area contributed by atoms with Crippen molar-refractivity contribution in [2.24, 2.45) is 0 Å². The second-order valence-electron chi connectivity index (χ2n) is 8.38. The number of thioether (sulfide) groups is 1. The van der Waals surface area contributed by atoms with Crippen molar-refractivity contribution in [3.8, 4) is 0 Å². The van der Waals surface area contributed by atoms with E-state index in [1.54, 1.807) is 23.9 Å². The normalized spacial score (nSPS) is 17.7. The van der Waals surface area contributed by atoms with Gasteiger partial charge in [-0.05, 0) is 84.5 Å². The second kappa shape index (κ2) is 8.83. The zero-order valence-electron chi connectivity index (χ0n) is 18.1. The summed E-state index contributed by atoms with van der Waals surface area (Å²) in [5.41, 5.74) is 4.35. The molecule has 0 saturated carbocycles. The molecule has 1 saturated heterocycles. The van der Waals surface area contributed by atoms with Crippen molar-refractivity contribution in [1.82, 2.24) is 0 Å². The van der Waals surface area contributed by atoms with E-state index in [4.69, 9.17) is 0 Å². The number of nitrogens with zero attached hydrogens (tertiary/aromatic N) is 1. The lowest BCUT2D eigenvalue weighted by molar-refractivity contribution is -0.137. The van der Waals surface area contributed by atoms with Crippen LogP contribution in [0.3, 0.4) is 0 Å². The van der Waals surface area contributed by atoms with Crippen LogP contribution in [-0.2, 0) is 23.8 Å². The molecular formula is C26H21F3N2O2S. The van der Waals surface area contributed by atoms with Gasteiger partial charge >= 0.3 is 6.18 Å². The third-order valence-electron chi connectivity index (χ3n) is 6.16. The Bertz CT molecular complexity index is 1240. The van der Waals surface area contributed by atoms with Crippen molar-refractivity contribution in [3.05, 3.63) is 94.5 Å². The highest BCUT2D eigenvalue weighted by atomic mass is 32.2. The van der Waals surface area contributed by atoms with E-state index in [0.717, 1.165) is 54.8 Å². The highest BCUT2D eigenvalue weighted by Gasteiger charge is 2.34. The Hall–Kier alpha value is -3.26. The summed E-state index contributed by atoms with van der Waals surface area (Å²) >= 11 is 1.56. The third-order valence-corrected chi connectivity index (χ3v) is 7.37. The van der Waals surface area contributed by atoms with E-state index in [0.29, 0.717) is 11.4 Å². The number of hydrogen-bond donors (Lipinski definition) is 1. The molecule has 3 aromatic carbocycles. The minimum absolute atomic E-state index is 0.0626. The molecule has 34 heavy (non-hydrogen) atoms. The highest BCUT2D eigenvalue weighted by molar-refractivity contribution is 8.00. The average Bonchev–Trinajstić information content (AvgIpc) is 3.45. The largest absolute Gasteiger partial charge is 0.416 e. The van der Waals surface area contributed by atoms with Gasteiger partial charge in [-0.2, -0.15) is 13.2 Å². The van der Waals surface area contributed by atoms with E-state index in [-0.39, 0.29) is 16.8 Å². The molecule has 8 heteroatoms. The maximum atomic E-state index is 12.7. The molecule has 0 bridgehead atoms. The molecule has 1 aliphatic heterocycles. The van der Waals surface area contributed by atoms with Gasteiger partial charge < -0.3 is 5.32 Å². The fourth-order valence-corrected chi connectivity index (χ4v) is 5.58. The molecule has 1 atom stereocenters. The van der Waals surface area contributed by atoms with Gasteiger partial charge in [-0.25, -0.2) is 0 Å². The maximum absolute atomic E-state index is 12.7. The van der Waals surface area contributed by atoms with Crippen LogP contribution in [-0.4, -0.2) is 17.6 Å². The van der Waals surface area contributed by atoms with E-state index >= 15 is 0 Å². The Morgan fingerprint density at radius 1 is 0.941 bits per heavy atom. The van der Waals surface area contributed by atoms with Crippen molar-refractivity contribution in [3.63, 3.8) is 0 Å². The van der Waals surface area contributed by atoms with Crippen LogP contribution in [0, 0.1) is 0 Å². The fraction of sp³-hybridized carbons (Fsp3) is 0.231. The van der Waals surface area contributed by atoms with Crippen LogP contribution in [0.15, 0.2) is 66.7 Å². The number of fused-ring (bicyclic) bond motifs is 1. The molecule has 1 aliphatic carbocycles. The molecule has 0 aromatic heterocycles. The summed E-state index contributed by atoms with van der Waals surface area (Å²) in [6.07, 6.45) is -1.18. The Morgan fingerprint density at radius 3 is 2.35 bits per heavy atom. The Morgan fingerprint density at radius 2 is 1.65 bits per heavy atom. The van der Waals surface area contributed by atoms with Crippen molar-refractivity contribution >= 4 is 35.0 Å². The first kappa shape index (κ1) is 22.5. The van der Waals surface area contributed by atoms with Crippen LogP contribution >= 0.6 is 11.8 Å². The molecule has 0 unspecified atom stereocenters. The number of rotatable bonds is 4. The SMILES string of the molecule is O=C(Nc1ccc([C@H]2SCC(=O)N2c2ccc3c(c2)CCC3)cc1)c1ccc(C(F)(F)F)cc1. The van der Waals surface area contributed by atoms with E-state index in [1.165, 1.54) is 11.1 Å². The van der Waals surface area contributed by atoms with Gasteiger partial charge in [0, 0.05) is 16.9 Å². The molecule has 0 radical (unpaired) electrons. The van der Waals surface area contributed by atoms with Crippen molar-refractivity contribution in [1.29, 1.82) is 0 Å². The zero-order chi connectivity index (χ0) is 23.9. The van der Waals surface area contributed by atoms with Gasteiger partial charge in [-0.1, -0.05) is 18.2 Å². The monoisotopic (exact) mass is 482 g/mol.